The fourth-order valence-electron chi connectivity index (χ4n) is 2.10. The molecule has 21 heavy (non-hydrogen) atoms. The molecule has 1 unspecified atom stereocenters. The van der Waals surface area contributed by atoms with Gasteiger partial charge in [-0.2, -0.15) is 0 Å². The molecule has 1 aromatic rings. The van der Waals surface area contributed by atoms with Gasteiger partial charge in [-0.3, -0.25) is 9.59 Å². The molecule has 1 saturated heterocycles. The second kappa shape index (κ2) is 7.85. The zero-order chi connectivity index (χ0) is 14.5. The van der Waals surface area contributed by atoms with Gasteiger partial charge in [0.25, 0.3) is 0 Å². The summed E-state index contributed by atoms with van der Waals surface area (Å²) in [6.07, 6.45) is 0.134. The SMILES string of the molecule is COc1ccc(NC(=O)CC2NCCN(C)C2=O)cc1.Cl. The van der Waals surface area contributed by atoms with Crippen molar-refractivity contribution >= 4 is 29.9 Å². The van der Waals surface area contributed by atoms with E-state index in [0.717, 1.165) is 5.75 Å². The Morgan fingerprint density at radius 1 is 1.43 bits per heavy atom. The molecule has 6 nitrogen and oxygen atoms in total. The minimum atomic E-state index is -0.438. The topological polar surface area (TPSA) is 70.7 Å². The number of halogens is 1. The van der Waals surface area contributed by atoms with Crippen molar-refractivity contribution in [3.05, 3.63) is 24.3 Å². The standard InChI is InChI=1S/C14H19N3O3.ClH/c1-17-8-7-15-12(14(17)19)9-13(18)16-10-3-5-11(20-2)6-4-10;/h3-6,12,15H,7-9H2,1-2H3,(H,16,18);1H. The van der Waals surface area contributed by atoms with Crippen LogP contribution < -0.4 is 15.4 Å². The molecule has 2 amide bonds. The van der Waals surface area contributed by atoms with Crippen molar-refractivity contribution in [2.45, 2.75) is 12.5 Å². The number of carbonyl (C=O) groups excluding carboxylic acids is 2. The van der Waals surface area contributed by atoms with E-state index in [1.807, 2.05) is 0 Å². The van der Waals surface area contributed by atoms with E-state index < -0.39 is 6.04 Å². The van der Waals surface area contributed by atoms with Gasteiger partial charge in [0.2, 0.25) is 11.8 Å². The van der Waals surface area contributed by atoms with Crippen LogP contribution in [0, 0.1) is 0 Å². The number of benzene rings is 1. The smallest absolute Gasteiger partial charge is 0.240 e. The highest BCUT2D eigenvalue weighted by atomic mass is 35.5. The minimum Gasteiger partial charge on any atom is -0.497 e. The van der Waals surface area contributed by atoms with E-state index in [1.54, 1.807) is 43.3 Å². The molecule has 116 valence electrons. The maximum absolute atomic E-state index is 11.9. The summed E-state index contributed by atoms with van der Waals surface area (Å²) < 4.78 is 5.05. The van der Waals surface area contributed by atoms with Crippen LogP contribution in [0.15, 0.2) is 24.3 Å². The van der Waals surface area contributed by atoms with Crippen molar-refractivity contribution in [3.8, 4) is 5.75 Å². The highest BCUT2D eigenvalue weighted by Crippen LogP contribution is 2.15. The van der Waals surface area contributed by atoms with Gasteiger partial charge in [-0.25, -0.2) is 0 Å². The first-order valence-corrected chi connectivity index (χ1v) is 6.52. The summed E-state index contributed by atoms with van der Waals surface area (Å²) in [5.74, 6) is 0.506. The minimum absolute atomic E-state index is 0. The molecule has 1 aromatic carbocycles. The average molecular weight is 314 g/mol. The first-order chi connectivity index (χ1) is 9.60. The van der Waals surface area contributed by atoms with Gasteiger partial charge in [-0.15, -0.1) is 12.4 Å². The number of hydrogen-bond donors (Lipinski definition) is 2. The fraction of sp³-hybridized carbons (Fsp3) is 0.429. The lowest BCUT2D eigenvalue weighted by molar-refractivity contribution is -0.136. The molecular weight excluding hydrogens is 294 g/mol. The van der Waals surface area contributed by atoms with Crippen LogP contribution in [0.4, 0.5) is 5.69 Å². The number of methoxy groups -OCH3 is 1. The maximum Gasteiger partial charge on any atom is 0.240 e. The van der Waals surface area contributed by atoms with Gasteiger partial charge in [0.1, 0.15) is 5.75 Å². The molecule has 0 bridgehead atoms. The van der Waals surface area contributed by atoms with Crippen molar-refractivity contribution in [1.29, 1.82) is 0 Å². The molecule has 2 N–H and O–H groups in total. The summed E-state index contributed by atoms with van der Waals surface area (Å²) >= 11 is 0. The lowest BCUT2D eigenvalue weighted by Gasteiger charge is -2.29. The van der Waals surface area contributed by atoms with Gasteiger partial charge < -0.3 is 20.3 Å². The molecule has 1 fully saturated rings. The van der Waals surface area contributed by atoms with Crippen molar-refractivity contribution in [1.82, 2.24) is 10.2 Å². The van der Waals surface area contributed by atoms with E-state index in [1.165, 1.54) is 0 Å². The van der Waals surface area contributed by atoms with E-state index >= 15 is 0 Å². The number of rotatable bonds is 4. The van der Waals surface area contributed by atoms with Crippen LogP contribution in [0.1, 0.15) is 6.42 Å². The predicted octanol–water partition coefficient (Wildman–Crippen LogP) is 0.876. The molecule has 1 aliphatic rings. The lowest BCUT2D eigenvalue weighted by atomic mass is 10.1. The van der Waals surface area contributed by atoms with E-state index in [2.05, 4.69) is 10.6 Å². The molecule has 7 heteroatoms. The third kappa shape index (κ3) is 4.61. The molecule has 1 heterocycles. The quantitative estimate of drug-likeness (QED) is 0.865. The summed E-state index contributed by atoms with van der Waals surface area (Å²) in [6, 6.07) is 6.63. The van der Waals surface area contributed by atoms with E-state index in [0.29, 0.717) is 18.8 Å². The Balaban J connectivity index is 0.00000220. The Morgan fingerprint density at radius 3 is 2.71 bits per heavy atom. The molecule has 0 aromatic heterocycles. The second-order valence-corrected chi connectivity index (χ2v) is 4.75. The first-order valence-electron chi connectivity index (χ1n) is 6.52. The molecule has 0 spiro atoms. The molecule has 0 saturated carbocycles. The Bertz CT molecular complexity index is 493. The van der Waals surface area contributed by atoms with Crippen LogP contribution in [0.25, 0.3) is 0 Å². The number of carbonyl (C=O) groups is 2. The van der Waals surface area contributed by atoms with Gasteiger partial charge in [-0.05, 0) is 24.3 Å². The van der Waals surface area contributed by atoms with Crippen molar-refractivity contribution in [2.24, 2.45) is 0 Å². The van der Waals surface area contributed by atoms with Crippen LogP contribution in [0.5, 0.6) is 5.75 Å². The summed E-state index contributed by atoms with van der Waals surface area (Å²) in [5, 5.41) is 5.83. The zero-order valence-corrected chi connectivity index (χ0v) is 12.9. The molecule has 1 atom stereocenters. The van der Waals surface area contributed by atoms with Gasteiger partial charge >= 0.3 is 0 Å². The zero-order valence-electron chi connectivity index (χ0n) is 12.1. The Hall–Kier alpha value is -1.79. The van der Waals surface area contributed by atoms with E-state index in [-0.39, 0.29) is 30.6 Å². The largest absolute Gasteiger partial charge is 0.497 e. The molecule has 0 radical (unpaired) electrons. The van der Waals surface area contributed by atoms with Gasteiger partial charge in [-0.1, -0.05) is 0 Å². The van der Waals surface area contributed by atoms with E-state index in [9.17, 15) is 9.59 Å². The normalized spacial score (nSPS) is 17.9. The average Bonchev–Trinajstić information content (AvgIpc) is 2.45. The highest BCUT2D eigenvalue weighted by Gasteiger charge is 2.27. The van der Waals surface area contributed by atoms with Gasteiger partial charge in [0.15, 0.2) is 0 Å². The Kier molecular flexibility index (Phi) is 6.45. The molecule has 1 aliphatic heterocycles. The number of likely N-dealkylation sites (N-methyl/N-ethyl adjacent to an activating group) is 1. The number of anilines is 1. The van der Waals surface area contributed by atoms with E-state index in [4.69, 9.17) is 4.74 Å². The lowest BCUT2D eigenvalue weighted by Crippen LogP contribution is -2.54. The number of amides is 2. The summed E-state index contributed by atoms with van der Waals surface area (Å²) in [6.45, 7) is 1.39. The van der Waals surface area contributed by atoms with Crippen LogP contribution in [0.3, 0.4) is 0 Å². The van der Waals surface area contributed by atoms with Crippen molar-refractivity contribution in [2.75, 3.05) is 32.6 Å². The van der Waals surface area contributed by atoms with Crippen LogP contribution in [-0.4, -0.2) is 50.0 Å². The number of ether oxygens (including phenoxy) is 1. The van der Waals surface area contributed by atoms with Crippen molar-refractivity contribution < 1.29 is 14.3 Å². The Morgan fingerprint density at radius 2 is 2.10 bits per heavy atom. The third-order valence-electron chi connectivity index (χ3n) is 3.28. The third-order valence-corrected chi connectivity index (χ3v) is 3.28. The van der Waals surface area contributed by atoms with Gasteiger partial charge in [0.05, 0.1) is 19.6 Å². The number of piperazine rings is 1. The molecule has 0 aliphatic carbocycles. The Labute approximate surface area is 130 Å². The summed E-state index contributed by atoms with van der Waals surface area (Å²) in [7, 11) is 3.34. The number of nitrogens with zero attached hydrogens (tertiary/aromatic N) is 1. The molecule has 2 rings (SSSR count). The number of hydrogen-bond acceptors (Lipinski definition) is 4. The maximum atomic E-state index is 11.9. The first kappa shape index (κ1) is 17.3. The van der Waals surface area contributed by atoms with Crippen molar-refractivity contribution in [3.63, 3.8) is 0 Å². The monoisotopic (exact) mass is 313 g/mol. The highest BCUT2D eigenvalue weighted by molar-refractivity contribution is 5.95. The fourth-order valence-corrected chi connectivity index (χ4v) is 2.10. The summed E-state index contributed by atoms with van der Waals surface area (Å²) in [4.78, 5) is 25.4. The van der Waals surface area contributed by atoms with Crippen LogP contribution in [-0.2, 0) is 9.59 Å². The summed E-state index contributed by atoms with van der Waals surface area (Å²) in [5.41, 5.74) is 0.687. The van der Waals surface area contributed by atoms with Crippen LogP contribution >= 0.6 is 12.4 Å². The number of nitrogens with one attached hydrogen (secondary N) is 2. The van der Waals surface area contributed by atoms with Crippen LogP contribution in [0.2, 0.25) is 0 Å². The second-order valence-electron chi connectivity index (χ2n) is 4.75. The van der Waals surface area contributed by atoms with Gasteiger partial charge in [0, 0.05) is 25.8 Å². The molecular formula is C14H20ClN3O3. The predicted molar refractivity (Wildman–Crippen MR) is 82.9 cm³/mol.